The van der Waals surface area contributed by atoms with Crippen molar-refractivity contribution in [1.29, 1.82) is 0 Å². The van der Waals surface area contributed by atoms with Crippen molar-refractivity contribution in [3.63, 3.8) is 0 Å². The third kappa shape index (κ3) is 4.34. The second-order valence-corrected chi connectivity index (χ2v) is 5.29. The Morgan fingerprint density at radius 2 is 1.82 bits per heavy atom. The fourth-order valence-corrected chi connectivity index (χ4v) is 1.79. The monoisotopic (exact) mass is 243 g/mol. The molecule has 0 amide bonds. The molecule has 98 valence electrons. The first-order chi connectivity index (χ1) is 7.83. The smallest absolute Gasteiger partial charge is 0.322 e. The van der Waals surface area contributed by atoms with Crippen LogP contribution >= 0.6 is 0 Å². The molecule has 17 heavy (non-hydrogen) atoms. The Kier molecular flexibility index (Phi) is 4.51. The Balaban J connectivity index is 2.42. The summed E-state index contributed by atoms with van der Waals surface area (Å²) in [5.41, 5.74) is -0.462. The molecular formula is C12H21NO4. The molecule has 1 heterocycles. The van der Waals surface area contributed by atoms with Gasteiger partial charge in [0.25, 0.3) is 0 Å². The lowest BCUT2D eigenvalue weighted by atomic mass is 9.94. The van der Waals surface area contributed by atoms with E-state index in [9.17, 15) is 9.59 Å². The van der Waals surface area contributed by atoms with Crippen molar-refractivity contribution in [2.45, 2.75) is 45.3 Å². The number of carbonyl (C=O) groups excluding carboxylic acids is 2. The second kappa shape index (κ2) is 5.49. The summed E-state index contributed by atoms with van der Waals surface area (Å²) in [6.07, 6.45) is 1.26. The van der Waals surface area contributed by atoms with Crippen molar-refractivity contribution in [2.75, 3.05) is 13.7 Å². The lowest BCUT2D eigenvalue weighted by molar-refractivity contribution is -0.161. The molecule has 0 aromatic heterocycles. The molecule has 0 saturated carbocycles. The first-order valence-corrected chi connectivity index (χ1v) is 5.87. The molecule has 0 aromatic rings. The van der Waals surface area contributed by atoms with Crippen LogP contribution in [0.3, 0.4) is 0 Å². The molecule has 1 N–H and O–H groups in total. The fourth-order valence-electron chi connectivity index (χ4n) is 1.79. The lowest BCUT2D eigenvalue weighted by Crippen LogP contribution is -2.47. The average Bonchev–Trinajstić information content (AvgIpc) is 2.26. The summed E-state index contributed by atoms with van der Waals surface area (Å²) in [4.78, 5) is 23.1. The van der Waals surface area contributed by atoms with Crippen LogP contribution in [-0.4, -0.2) is 37.2 Å². The molecule has 0 aliphatic carbocycles. The summed E-state index contributed by atoms with van der Waals surface area (Å²) in [5, 5.41) is 3.01. The first kappa shape index (κ1) is 14.0. The molecule has 0 radical (unpaired) electrons. The van der Waals surface area contributed by atoms with Crippen LogP contribution in [-0.2, 0) is 19.1 Å². The van der Waals surface area contributed by atoms with E-state index in [4.69, 9.17) is 4.74 Å². The number of piperidine rings is 1. The molecule has 5 heteroatoms. The van der Waals surface area contributed by atoms with Gasteiger partial charge in [0.1, 0.15) is 11.6 Å². The maximum atomic E-state index is 11.8. The van der Waals surface area contributed by atoms with Gasteiger partial charge in [0.05, 0.1) is 13.0 Å². The summed E-state index contributed by atoms with van der Waals surface area (Å²) in [6, 6.07) is -0.293. The zero-order valence-electron chi connectivity index (χ0n) is 10.9. The molecule has 2 unspecified atom stereocenters. The van der Waals surface area contributed by atoms with Gasteiger partial charge in [-0.25, -0.2) is 0 Å². The molecule has 0 spiro atoms. The summed E-state index contributed by atoms with van der Waals surface area (Å²) >= 11 is 0. The predicted molar refractivity (Wildman–Crippen MR) is 62.4 cm³/mol. The highest BCUT2D eigenvalue weighted by Gasteiger charge is 2.32. The highest BCUT2D eigenvalue weighted by molar-refractivity contribution is 5.77. The van der Waals surface area contributed by atoms with Crippen LogP contribution in [0.4, 0.5) is 0 Å². The van der Waals surface area contributed by atoms with Crippen LogP contribution < -0.4 is 5.32 Å². The zero-order valence-corrected chi connectivity index (χ0v) is 10.9. The van der Waals surface area contributed by atoms with Gasteiger partial charge in [0.2, 0.25) is 0 Å². The molecule has 1 saturated heterocycles. The van der Waals surface area contributed by atoms with Crippen molar-refractivity contribution >= 4 is 11.9 Å². The molecule has 5 nitrogen and oxygen atoms in total. The molecule has 1 aliphatic heterocycles. The Morgan fingerprint density at radius 1 is 1.18 bits per heavy atom. The van der Waals surface area contributed by atoms with Gasteiger partial charge < -0.3 is 14.8 Å². The van der Waals surface area contributed by atoms with E-state index in [-0.39, 0.29) is 23.9 Å². The largest absolute Gasteiger partial charge is 0.468 e. The van der Waals surface area contributed by atoms with E-state index >= 15 is 0 Å². The van der Waals surface area contributed by atoms with Gasteiger partial charge in [-0.05, 0) is 33.6 Å². The third-order valence-corrected chi connectivity index (χ3v) is 2.64. The van der Waals surface area contributed by atoms with Gasteiger partial charge in [-0.3, -0.25) is 9.59 Å². The second-order valence-electron chi connectivity index (χ2n) is 5.29. The molecule has 2 atom stereocenters. The summed E-state index contributed by atoms with van der Waals surface area (Å²) < 4.78 is 9.95. The van der Waals surface area contributed by atoms with Crippen molar-refractivity contribution in [3.8, 4) is 0 Å². The number of nitrogens with one attached hydrogen (secondary N) is 1. The summed E-state index contributed by atoms with van der Waals surface area (Å²) in [5.74, 6) is -0.643. The van der Waals surface area contributed by atoms with E-state index in [1.54, 1.807) is 0 Å². The molecule has 1 fully saturated rings. The van der Waals surface area contributed by atoms with Crippen LogP contribution in [0.25, 0.3) is 0 Å². The Labute approximate surface area is 102 Å². The highest BCUT2D eigenvalue weighted by atomic mass is 16.6. The third-order valence-electron chi connectivity index (χ3n) is 2.64. The standard InChI is InChI=1S/C12H21NO4/c1-12(2,3)17-10(14)8-5-6-9(13-7-8)11(15)16-4/h8-9,13H,5-7H2,1-4H3. The molecular weight excluding hydrogens is 222 g/mol. The summed E-state index contributed by atoms with van der Waals surface area (Å²) in [6.45, 7) is 6.00. The van der Waals surface area contributed by atoms with Gasteiger partial charge in [0.15, 0.2) is 0 Å². The van der Waals surface area contributed by atoms with Gasteiger partial charge in [-0.1, -0.05) is 0 Å². The van der Waals surface area contributed by atoms with Crippen molar-refractivity contribution in [2.24, 2.45) is 5.92 Å². The first-order valence-electron chi connectivity index (χ1n) is 5.87. The quantitative estimate of drug-likeness (QED) is 0.729. The van der Waals surface area contributed by atoms with E-state index in [2.05, 4.69) is 10.1 Å². The van der Waals surface area contributed by atoms with Crippen LogP contribution in [0.2, 0.25) is 0 Å². The van der Waals surface area contributed by atoms with Gasteiger partial charge in [-0.15, -0.1) is 0 Å². The maximum Gasteiger partial charge on any atom is 0.322 e. The lowest BCUT2D eigenvalue weighted by Gasteiger charge is -2.29. The maximum absolute atomic E-state index is 11.8. The van der Waals surface area contributed by atoms with E-state index in [0.717, 1.165) is 0 Å². The van der Waals surface area contributed by atoms with Crippen LogP contribution in [0.15, 0.2) is 0 Å². The predicted octanol–water partition coefficient (Wildman–Crippen LogP) is 0.869. The number of hydrogen-bond donors (Lipinski definition) is 1. The van der Waals surface area contributed by atoms with E-state index < -0.39 is 5.60 Å². The topological polar surface area (TPSA) is 64.6 Å². The Bertz CT molecular complexity index is 287. The average molecular weight is 243 g/mol. The van der Waals surface area contributed by atoms with Crippen LogP contribution in [0, 0.1) is 5.92 Å². The molecule has 0 bridgehead atoms. The van der Waals surface area contributed by atoms with Crippen LogP contribution in [0.1, 0.15) is 33.6 Å². The SMILES string of the molecule is COC(=O)C1CCC(C(=O)OC(C)(C)C)CN1. The number of hydrogen-bond acceptors (Lipinski definition) is 5. The minimum absolute atomic E-state index is 0.171. The number of carbonyl (C=O) groups is 2. The molecule has 0 aromatic carbocycles. The molecule has 1 aliphatic rings. The van der Waals surface area contributed by atoms with Gasteiger partial charge in [0, 0.05) is 6.54 Å². The normalized spacial score (nSPS) is 25.2. The summed E-state index contributed by atoms with van der Waals surface area (Å²) in [7, 11) is 1.37. The van der Waals surface area contributed by atoms with Gasteiger partial charge >= 0.3 is 11.9 Å². The number of esters is 2. The van der Waals surface area contributed by atoms with E-state index in [1.807, 2.05) is 20.8 Å². The fraction of sp³-hybridized carbons (Fsp3) is 0.833. The van der Waals surface area contributed by atoms with Crippen LogP contribution in [0.5, 0.6) is 0 Å². The number of methoxy groups -OCH3 is 1. The van der Waals surface area contributed by atoms with Crippen molar-refractivity contribution in [1.82, 2.24) is 5.32 Å². The zero-order chi connectivity index (χ0) is 13.1. The Morgan fingerprint density at radius 3 is 2.24 bits per heavy atom. The van der Waals surface area contributed by atoms with Crippen molar-refractivity contribution in [3.05, 3.63) is 0 Å². The number of rotatable bonds is 2. The highest BCUT2D eigenvalue weighted by Crippen LogP contribution is 2.19. The number of ether oxygens (including phenoxy) is 2. The van der Waals surface area contributed by atoms with Gasteiger partial charge in [-0.2, -0.15) is 0 Å². The van der Waals surface area contributed by atoms with E-state index in [1.165, 1.54) is 7.11 Å². The molecule has 1 rings (SSSR count). The Hall–Kier alpha value is -1.10. The minimum atomic E-state index is -0.462. The van der Waals surface area contributed by atoms with E-state index in [0.29, 0.717) is 19.4 Å². The minimum Gasteiger partial charge on any atom is -0.468 e. The van der Waals surface area contributed by atoms with Crippen molar-refractivity contribution < 1.29 is 19.1 Å².